The normalized spacial score (nSPS) is 13.9. The molecule has 0 aromatic carbocycles. The van der Waals surface area contributed by atoms with E-state index in [1.54, 1.807) is 0 Å². The van der Waals surface area contributed by atoms with Crippen molar-refractivity contribution in [1.29, 1.82) is 0 Å². The van der Waals surface area contributed by atoms with E-state index >= 15 is 0 Å². The molecule has 6 N–H and O–H groups in total. The minimum absolute atomic E-state index is 0.0701. The number of aliphatic hydroxyl groups is 2. The Morgan fingerprint density at radius 1 is 1.35 bits per heavy atom. The Labute approximate surface area is 98.0 Å². The predicted molar refractivity (Wildman–Crippen MR) is 60.4 cm³/mol. The van der Waals surface area contributed by atoms with Crippen molar-refractivity contribution in [2.24, 2.45) is 5.84 Å². The van der Waals surface area contributed by atoms with Gasteiger partial charge in [0.25, 0.3) is 0 Å². The van der Waals surface area contributed by atoms with Crippen LogP contribution >= 0.6 is 0 Å². The van der Waals surface area contributed by atoms with Gasteiger partial charge in [0, 0.05) is 6.54 Å². The van der Waals surface area contributed by atoms with Crippen LogP contribution in [0.3, 0.4) is 0 Å². The zero-order chi connectivity index (χ0) is 12.9. The number of methoxy groups -OCH3 is 1. The number of nitrogens with zero attached hydrogens (tertiary/aromatic N) is 3. The molecule has 1 heterocycles. The molecule has 9 heteroatoms. The first-order valence-electron chi connectivity index (χ1n) is 4.84. The second kappa shape index (κ2) is 5.57. The lowest BCUT2D eigenvalue weighted by Gasteiger charge is -2.20. The van der Waals surface area contributed by atoms with Crippen molar-refractivity contribution < 1.29 is 14.9 Å². The lowest BCUT2D eigenvalue weighted by atomic mass is 10.1. The highest BCUT2D eigenvalue weighted by Gasteiger charge is 2.19. The maximum Gasteiger partial charge on any atom is 0.322 e. The molecule has 1 aromatic heterocycles. The second-order valence-electron chi connectivity index (χ2n) is 3.62. The molecule has 0 saturated heterocycles. The van der Waals surface area contributed by atoms with Crippen molar-refractivity contribution in [3.8, 4) is 6.01 Å². The standard InChI is InChI=1S/C8H16N6O3/c1-8(16,4-15)3-10-5-11-6(14-9)13-7(12-5)17-2/h15-16H,3-4,9H2,1-2H3,(H2,10,11,12,13,14). The minimum Gasteiger partial charge on any atom is -0.467 e. The number of ether oxygens (including phenoxy) is 1. The highest BCUT2D eigenvalue weighted by Crippen LogP contribution is 2.11. The third-order valence-electron chi connectivity index (χ3n) is 1.89. The van der Waals surface area contributed by atoms with Gasteiger partial charge in [0.15, 0.2) is 0 Å². The number of hydrogen-bond acceptors (Lipinski definition) is 9. The van der Waals surface area contributed by atoms with Crippen LogP contribution in [0, 0.1) is 0 Å². The Bertz CT molecular complexity index is 350. The van der Waals surface area contributed by atoms with Crippen molar-refractivity contribution >= 4 is 11.9 Å². The van der Waals surface area contributed by atoms with Gasteiger partial charge in [-0.05, 0) is 6.92 Å². The quantitative estimate of drug-likeness (QED) is 0.293. The van der Waals surface area contributed by atoms with Gasteiger partial charge in [-0.25, -0.2) is 5.84 Å². The van der Waals surface area contributed by atoms with Crippen molar-refractivity contribution in [3.63, 3.8) is 0 Å². The first-order valence-corrected chi connectivity index (χ1v) is 4.84. The number of nitrogens with one attached hydrogen (secondary N) is 2. The van der Waals surface area contributed by atoms with Crippen LogP contribution in [-0.4, -0.2) is 51.0 Å². The van der Waals surface area contributed by atoms with Crippen LogP contribution in [0.25, 0.3) is 0 Å². The molecule has 0 spiro atoms. The molecule has 0 saturated carbocycles. The van der Waals surface area contributed by atoms with Gasteiger partial charge in [0.1, 0.15) is 5.60 Å². The van der Waals surface area contributed by atoms with E-state index in [1.807, 2.05) is 0 Å². The highest BCUT2D eigenvalue weighted by atomic mass is 16.5. The summed E-state index contributed by atoms with van der Waals surface area (Å²) in [6, 6.07) is 0.0825. The molecule has 0 bridgehead atoms. The van der Waals surface area contributed by atoms with Crippen LogP contribution in [0.2, 0.25) is 0 Å². The first kappa shape index (κ1) is 13.4. The number of nitrogens with two attached hydrogens (primary N) is 1. The molecule has 0 aliphatic heterocycles. The van der Waals surface area contributed by atoms with Crippen LogP contribution in [0.1, 0.15) is 6.92 Å². The Kier molecular flexibility index (Phi) is 4.37. The summed E-state index contributed by atoms with van der Waals surface area (Å²) in [6.07, 6.45) is 0. The number of nitrogen functional groups attached to an aromatic ring is 1. The van der Waals surface area contributed by atoms with E-state index in [1.165, 1.54) is 14.0 Å². The Balaban J connectivity index is 2.76. The Hall–Kier alpha value is -1.71. The van der Waals surface area contributed by atoms with Crippen LogP contribution in [-0.2, 0) is 0 Å². The summed E-state index contributed by atoms with van der Waals surface area (Å²) in [7, 11) is 1.41. The predicted octanol–water partition coefficient (Wildman–Crippen LogP) is -1.68. The summed E-state index contributed by atoms with van der Waals surface area (Å²) in [5.74, 6) is 5.48. The topological polar surface area (TPSA) is 138 Å². The van der Waals surface area contributed by atoms with Crippen molar-refractivity contribution in [3.05, 3.63) is 0 Å². The number of aromatic nitrogens is 3. The van der Waals surface area contributed by atoms with Crippen molar-refractivity contribution in [2.45, 2.75) is 12.5 Å². The molecule has 17 heavy (non-hydrogen) atoms. The summed E-state index contributed by atoms with van der Waals surface area (Å²) >= 11 is 0. The summed E-state index contributed by atoms with van der Waals surface area (Å²) < 4.78 is 4.85. The number of rotatable bonds is 6. The molecule has 0 radical (unpaired) electrons. The molecule has 96 valence electrons. The van der Waals surface area contributed by atoms with Crippen molar-refractivity contribution in [2.75, 3.05) is 31.0 Å². The zero-order valence-corrected chi connectivity index (χ0v) is 9.64. The fourth-order valence-corrected chi connectivity index (χ4v) is 0.917. The average molecular weight is 244 g/mol. The van der Waals surface area contributed by atoms with Gasteiger partial charge in [-0.15, -0.1) is 0 Å². The maximum atomic E-state index is 9.58. The van der Waals surface area contributed by atoms with Gasteiger partial charge in [0.05, 0.1) is 13.7 Å². The summed E-state index contributed by atoms with van der Waals surface area (Å²) in [6.45, 7) is 1.16. The number of aliphatic hydroxyl groups excluding tert-OH is 1. The average Bonchev–Trinajstić information content (AvgIpc) is 2.36. The van der Waals surface area contributed by atoms with E-state index in [0.29, 0.717) is 0 Å². The Morgan fingerprint density at radius 2 is 2.00 bits per heavy atom. The number of hydrazine groups is 1. The minimum atomic E-state index is -1.27. The third-order valence-corrected chi connectivity index (χ3v) is 1.89. The van der Waals surface area contributed by atoms with E-state index in [9.17, 15) is 5.11 Å². The SMILES string of the molecule is COc1nc(NN)nc(NCC(C)(O)CO)n1. The van der Waals surface area contributed by atoms with E-state index in [-0.39, 0.29) is 31.1 Å². The van der Waals surface area contributed by atoms with Gasteiger partial charge in [-0.3, -0.25) is 5.43 Å². The third kappa shape index (κ3) is 3.98. The van der Waals surface area contributed by atoms with E-state index in [0.717, 1.165) is 0 Å². The van der Waals surface area contributed by atoms with Gasteiger partial charge in [0.2, 0.25) is 11.9 Å². The lowest BCUT2D eigenvalue weighted by molar-refractivity contribution is 0.0131. The Morgan fingerprint density at radius 3 is 2.53 bits per heavy atom. The molecule has 0 aliphatic rings. The van der Waals surface area contributed by atoms with Gasteiger partial charge >= 0.3 is 6.01 Å². The van der Waals surface area contributed by atoms with Crippen LogP contribution in [0.5, 0.6) is 6.01 Å². The van der Waals surface area contributed by atoms with Gasteiger partial charge in [-0.2, -0.15) is 15.0 Å². The fourth-order valence-electron chi connectivity index (χ4n) is 0.917. The molecule has 1 aromatic rings. The van der Waals surface area contributed by atoms with E-state index < -0.39 is 5.60 Å². The molecule has 0 aliphatic carbocycles. The number of anilines is 2. The smallest absolute Gasteiger partial charge is 0.322 e. The highest BCUT2D eigenvalue weighted by molar-refractivity contribution is 5.35. The lowest BCUT2D eigenvalue weighted by Crippen LogP contribution is -2.37. The molecule has 1 rings (SSSR count). The molecular formula is C8H16N6O3. The zero-order valence-electron chi connectivity index (χ0n) is 9.64. The monoisotopic (exact) mass is 244 g/mol. The van der Waals surface area contributed by atoms with Crippen molar-refractivity contribution in [1.82, 2.24) is 15.0 Å². The van der Waals surface area contributed by atoms with Crippen LogP contribution in [0.4, 0.5) is 11.9 Å². The largest absolute Gasteiger partial charge is 0.467 e. The molecule has 0 amide bonds. The van der Waals surface area contributed by atoms with Gasteiger partial charge < -0.3 is 20.3 Å². The van der Waals surface area contributed by atoms with E-state index in [2.05, 4.69) is 25.7 Å². The molecule has 1 atom stereocenters. The molecule has 9 nitrogen and oxygen atoms in total. The van der Waals surface area contributed by atoms with E-state index in [4.69, 9.17) is 15.7 Å². The maximum absolute atomic E-state index is 9.58. The second-order valence-corrected chi connectivity index (χ2v) is 3.62. The summed E-state index contributed by atoms with van der Waals surface area (Å²) in [4.78, 5) is 11.6. The fraction of sp³-hybridized carbons (Fsp3) is 0.625. The number of hydrogen-bond donors (Lipinski definition) is 5. The molecule has 0 fully saturated rings. The molecular weight excluding hydrogens is 228 g/mol. The summed E-state index contributed by atoms with van der Waals surface area (Å²) in [5.41, 5.74) is 0.991. The van der Waals surface area contributed by atoms with Crippen LogP contribution < -0.4 is 21.3 Å². The van der Waals surface area contributed by atoms with Crippen LogP contribution in [0.15, 0.2) is 0 Å². The first-order chi connectivity index (χ1) is 8.00. The van der Waals surface area contributed by atoms with Gasteiger partial charge in [-0.1, -0.05) is 0 Å². The molecule has 1 unspecified atom stereocenters. The summed E-state index contributed by atoms with van der Waals surface area (Å²) in [5, 5.41) is 21.2.